The van der Waals surface area contributed by atoms with Gasteiger partial charge in [0, 0.05) is 12.0 Å². The zero-order valence-corrected chi connectivity index (χ0v) is 19.9. The molecule has 186 valence electrons. The van der Waals surface area contributed by atoms with Gasteiger partial charge in [-0.1, -0.05) is 32.3 Å². The molecule has 0 radical (unpaired) electrons. The molecule has 0 unspecified atom stereocenters. The van der Waals surface area contributed by atoms with Crippen molar-refractivity contribution in [3.8, 4) is 0 Å². The van der Waals surface area contributed by atoms with Crippen molar-refractivity contribution in [2.24, 2.45) is 11.8 Å². The molecule has 8 heteroatoms. The van der Waals surface area contributed by atoms with Crippen LogP contribution in [-0.4, -0.2) is 64.4 Å². The summed E-state index contributed by atoms with van der Waals surface area (Å²) >= 11 is 0. The largest absolute Gasteiger partial charge is 0.550 e. The summed E-state index contributed by atoms with van der Waals surface area (Å²) in [7, 11) is 0. The van der Waals surface area contributed by atoms with Gasteiger partial charge in [-0.2, -0.15) is 0 Å². The van der Waals surface area contributed by atoms with Crippen molar-refractivity contribution >= 4 is 11.9 Å². The van der Waals surface area contributed by atoms with Crippen LogP contribution >= 0.6 is 0 Å². The molecule has 0 aromatic heterocycles. The molecule has 0 aliphatic carbocycles. The van der Waals surface area contributed by atoms with Gasteiger partial charge in [-0.25, -0.2) is 4.79 Å². The van der Waals surface area contributed by atoms with E-state index in [2.05, 4.69) is 0 Å². The number of esters is 1. The van der Waals surface area contributed by atoms with Crippen LogP contribution in [0.5, 0.6) is 0 Å². The van der Waals surface area contributed by atoms with E-state index < -0.39 is 36.4 Å². The maximum Gasteiger partial charge on any atom is 0.330 e. The molecule has 7 atom stereocenters. The smallest absolute Gasteiger partial charge is 0.330 e. The van der Waals surface area contributed by atoms with Gasteiger partial charge < -0.3 is 34.7 Å². The minimum absolute atomic E-state index is 0.0439. The molecular formula is C24H41O8-. The van der Waals surface area contributed by atoms with Crippen LogP contribution in [0.4, 0.5) is 0 Å². The third-order valence-electron chi connectivity index (χ3n) is 6.15. The van der Waals surface area contributed by atoms with Crippen LogP contribution in [0, 0.1) is 11.8 Å². The van der Waals surface area contributed by atoms with E-state index in [1.165, 1.54) is 6.08 Å². The van der Waals surface area contributed by atoms with E-state index in [0.717, 1.165) is 19.3 Å². The first-order valence-corrected chi connectivity index (χ1v) is 11.7. The van der Waals surface area contributed by atoms with Crippen LogP contribution in [0.3, 0.4) is 0 Å². The van der Waals surface area contributed by atoms with Crippen LogP contribution in [0.1, 0.15) is 79.1 Å². The number of carbonyl (C=O) groups excluding carboxylic acids is 2. The highest BCUT2D eigenvalue weighted by Gasteiger charge is 2.40. The van der Waals surface area contributed by atoms with Crippen molar-refractivity contribution in [2.75, 3.05) is 6.61 Å². The normalized spacial score (nSPS) is 25.2. The number of carboxylic acids is 1. The standard InChI is InChI=1S/C24H42O8/c1-15(12-22(29)31-10-8-6-5-7-9-21(27)28)11-20(26)23(30)24-17(3)14-19(32-24)13-16(2)18(4)25/h12,16-20,23-26,30H,5-11,13-14H2,1-4H3,(H,27,28)/p-1/b15-12+/t16-,17-,18+,19+,20+,23+,24-/m1/s1. The fourth-order valence-corrected chi connectivity index (χ4v) is 4.01. The number of aliphatic hydroxyl groups excluding tert-OH is 3. The molecule has 32 heavy (non-hydrogen) atoms. The number of carbonyl (C=O) groups is 2. The Morgan fingerprint density at radius 3 is 2.44 bits per heavy atom. The first-order valence-electron chi connectivity index (χ1n) is 11.7. The van der Waals surface area contributed by atoms with Gasteiger partial charge in [-0.3, -0.25) is 0 Å². The highest BCUT2D eigenvalue weighted by Crippen LogP contribution is 2.33. The number of aliphatic hydroxyl groups is 3. The second-order valence-electron chi connectivity index (χ2n) is 9.35. The van der Waals surface area contributed by atoms with Gasteiger partial charge in [-0.05, 0) is 64.2 Å². The number of unbranched alkanes of at least 4 members (excludes halogenated alkanes) is 3. The summed E-state index contributed by atoms with van der Waals surface area (Å²) in [4.78, 5) is 22.2. The molecule has 1 heterocycles. The number of carboxylic acid groups (broad SMARTS) is 1. The lowest BCUT2D eigenvalue weighted by Gasteiger charge is -2.27. The molecular weight excluding hydrogens is 416 g/mol. The van der Waals surface area contributed by atoms with Crippen molar-refractivity contribution in [1.29, 1.82) is 0 Å². The first-order chi connectivity index (χ1) is 15.0. The highest BCUT2D eigenvalue weighted by molar-refractivity contribution is 5.82. The van der Waals surface area contributed by atoms with E-state index in [1.54, 1.807) is 13.8 Å². The van der Waals surface area contributed by atoms with Crippen LogP contribution < -0.4 is 5.11 Å². The van der Waals surface area contributed by atoms with Gasteiger partial charge >= 0.3 is 5.97 Å². The number of ether oxygens (including phenoxy) is 2. The lowest BCUT2D eigenvalue weighted by atomic mass is 9.90. The topological polar surface area (TPSA) is 136 Å². The Kier molecular flexibility index (Phi) is 13.0. The predicted octanol–water partition coefficient (Wildman–Crippen LogP) is 1.49. The second-order valence-corrected chi connectivity index (χ2v) is 9.35. The van der Waals surface area contributed by atoms with Crippen LogP contribution in [0.15, 0.2) is 11.6 Å². The van der Waals surface area contributed by atoms with Crippen LogP contribution in [0.25, 0.3) is 0 Å². The molecule has 1 saturated heterocycles. The molecule has 0 amide bonds. The third kappa shape index (κ3) is 10.9. The van der Waals surface area contributed by atoms with Crippen LogP contribution in [0.2, 0.25) is 0 Å². The number of hydrogen-bond donors (Lipinski definition) is 3. The van der Waals surface area contributed by atoms with Gasteiger partial charge in [0.15, 0.2) is 0 Å². The lowest BCUT2D eigenvalue weighted by Crippen LogP contribution is -2.40. The molecule has 1 aliphatic rings. The van der Waals surface area contributed by atoms with Gasteiger partial charge in [0.1, 0.15) is 6.10 Å². The Hall–Kier alpha value is -1.48. The number of hydrogen-bond acceptors (Lipinski definition) is 8. The van der Waals surface area contributed by atoms with Gasteiger partial charge in [0.05, 0.1) is 31.0 Å². The number of aliphatic carboxylic acids is 1. The first kappa shape index (κ1) is 28.6. The maximum absolute atomic E-state index is 11.9. The Morgan fingerprint density at radius 1 is 1.16 bits per heavy atom. The fraction of sp³-hybridized carbons (Fsp3) is 0.833. The average molecular weight is 458 g/mol. The van der Waals surface area contributed by atoms with E-state index in [-0.39, 0.29) is 37.4 Å². The van der Waals surface area contributed by atoms with Gasteiger partial charge in [0.25, 0.3) is 0 Å². The van der Waals surface area contributed by atoms with E-state index in [4.69, 9.17) is 9.47 Å². The van der Waals surface area contributed by atoms with E-state index in [9.17, 15) is 30.0 Å². The average Bonchev–Trinajstić information content (AvgIpc) is 3.05. The summed E-state index contributed by atoms with van der Waals surface area (Å²) < 4.78 is 11.1. The molecule has 1 fully saturated rings. The van der Waals surface area contributed by atoms with Crippen molar-refractivity contribution < 1.29 is 39.5 Å². The molecule has 1 aliphatic heterocycles. The van der Waals surface area contributed by atoms with Crippen molar-refractivity contribution in [2.45, 2.75) is 110 Å². The minimum atomic E-state index is -1.07. The Morgan fingerprint density at radius 2 is 1.81 bits per heavy atom. The van der Waals surface area contributed by atoms with Crippen molar-refractivity contribution in [3.63, 3.8) is 0 Å². The van der Waals surface area contributed by atoms with E-state index >= 15 is 0 Å². The molecule has 1 rings (SSSR count). The quantitative estimate of drug-likeness (QED) is 0.191. The monoisotopic (exact) mass is 457 g/mol. The summed E-state index contributed by atoms with van der Waals surface area (Å²) in [5.74, 6) is -1.39. The fourth-order valence-electron chi connectivity index (χ4n) is 4.01. The lowest BCUT2D eigenvalue weighted by molar-refractivity contribution is -0.305. The van der Waals surface area contributed by atoms with Crippen molar-refractivity contribution in [3.05, 3.63) is 11.6 Å². The minimum Gasteiger partial charge on any atom is -0.550 e. The van der Waals surface area contributed by atoms with Gasteiger partial charge in [-0.15, -0.1) is 0 Å². The van der Waals surface area contributed by atoms with Crippen LogP contribution in [-0.2, 0) is 19.1 Å². The Balaban J connectivity index is 2.36. The molecule has 0 spiro atoms. The second kappa shape index (κ2) is 14.6. The zero-order chi connectivity index (χ0) is 24.3. The molecule has 8 nitrogen and oxygen atoms in total. The highest BCUT2D eigenvalue weighted by atomic mass is 16.5. The molecule has 0 aromatic rings. The van der Waals surface area contributed by atoms with Gasteiger partial charge in [0.2, 0.25) is 0 Å². The Bertz CT molecular complexity index is 603. The third-order valence-corrected chi connectivity index (χ3v) is 6.15. The summed E-state index contributed by atoms with van der Waals surface area (Å²) in [6.45, 7) is 7.63. The molecule has 0 aromatic carbocycles. The predicted molar refractivity (Wildman–Crippen MR) is 117 cm³/mol. The number of rotatable bonds is 15. The SMILES string of the molecule is C/C(=C\C(=O)OCCCCCCC(=O)[O-])C[C@H](O)[C@H](O)[C@@H]1O[C@@H](C[C@@H](C)[C@H](C)O)C[C@H]1C. The Labute approximate surface area is 191 Å². The summed E-state index contributed by atoms with van der Waals surface area (Å²) in [6, 6.07) is 0. The molecule has 0 saturated carbocycles. The van der Waals surface area contributed by atoms with Crippen molar-refractivity contribution in [1.82, 2.24) is 0 Å². The molecule has 0 bridgehead atoms. The van der Waals surface area contributed by atoms with E-state index in [0.29, 0.717) is 24.8 Å². The zero-order valence-electron chi connectivity index (χ0n) is 19.9. The molecule has 3 N–H and O–H groups in total. The summed E-state index contributed by atoms with van der Waals surface area (Å²) in [6.07, 6.45) is 2.55. The summed E-state index contributed by atoms with van der Waals surface area (Å²) in [5.41, 5.74) is 0.598. The maximum atomic E-state index is 11.9. The summed E-state index contributed by atoms with van der Waals surface area (Å²) in [5, 5.41) is 41.1. The van der Waals surface area contributed by atoms with E-state index in [1.807, 2.05) is 13.8 Å².